The topological polar surface area (TPSA) is 145 Å². The highest BCUT2D eigenvalue weighted by atomic mass is 19.4. The number of urea groups is 1. The number of benzene rings is 2. The molecular weight excluding hydrogens is 618 g/mol. The number of rotatable bonds is 6. The number of ether oxygens (including phenoxy) is 1. The molecule has 0 aromatic heterocycles. The molecule has 2 aromatic rings. The Morgan fingerprint density at radius 1 is 1.00 bits per heavy atom. The number of halogens is 6. The first-order valence-corrected chi connectivity index (χ1v) is 13.0. The van der Waals surface area contributed by atoms with Gasteiger partial charge in [0, 0.05) is 38.8 Å². The van der Waals surface area contributed by atoms with E-state index in [4.69, 9.17) is 14.6 Å². The zero-order valence-corrected chi connectivity index (χ0v) is 23.9. The largest absolute Gasteiger partial charge is 0.490 e. The minimum Gasteiger partial charge on any atom is -0.475 e. The molecule has 0 radical (unpaired) electrons. The molecule has 0 saturated carbocycles. The summed E-state index contributed by atoms with van der Waals surface area (Å²) in [4.78, 5) is 63.5. The molecule has 4 atom stereocenters. The number of fused-ring (bicyclic) bond motifs is 1. The number of alkyl halides is 6. The van der Waals surface area contributed by atoms with Gasteiger partial charge in [0.25, 0.3) is 0 Å². The van der Waals surface area contributed by atoms with Gasteiger partial charge < -0.3 is 20.1 Å². The Balaban J connectivity index is 0.000000707. The number of carboxylic acids is 1. The summed E-state index contributed by atoms with van der Waals surface area (Å²) in [5, 5.41) is 12.8. The van der Waals surface area contributed by atoms with Crippen molar-refractivity contribution in [1.29, 1.82) is 0 Å². The Morgan fingerprint density at radius 2 is 1.56 bits per heavy atom. The van der Waals surface area contributed by atoms with Crippen LogP contribution in [0.5, 0.6) is 0 Å². The third-order valence-corrected chi connectivity index (χ3v) is 7.38. The standard InChI is InChI=1S/C26H27F3N4O5.C2HF3O2/c1-32(24(37)30-17-11-9-16(10-12-17)26(27,28)29)14-18-19-20(22(35)33(2)21(19)34)25(31-18,23(36)38-3)13-15-7-5-4-6-8-15;3-2(4,5)1(6)7/h4-12,18-20,31H,13-14H2,1-3H3,(H,30,37);(H,6,7)/t18-,19+,20-,25-;/m1./s1. The van der Waals surface area contributed by atoms with E-state index in [-0.39, 0.29) is 18.7 Å². The van der Waals surface area contributed by atoms with Crippen LogP contribution in [0.3, 0.4) is 0 Å². The fraction of sp³-hybridized carbons (Fsp3) is 0.393. The maximum absolute atomic E-state index is 13.2. The van der Waals surface area contributed by atoms with Crippen molar-refractivity contribution in [2.75, 3.05) is 33.1 Å². The van der Waals surface area contributed by atoms with Crippen molar-refractivity contribution in [3.8, 4) is 0 Å². The number of carboxylic acid groups (broad SMARTS) is 1. The molecule has 244 valence electrons. The third kappa shape index (κ3) is 7.53. The third-order valence-electron chi connectivity index (χ3n) is 7.38. The molecule has 2 saturated heterocycles. The number of amides is 4. The molecule has 11 nitrogen and oxygen atoms in total. The maximum atomic E-state index is 13.2. The number of likely N-dealkylation sites (N-methyl/N-ethyl adjacent to an activating group) is 1. The maximum Gasteiger partial charge on any atom is 0.490 e. The van der Waals surface area contributed by atoms with E-state index in [0.29, 0.717) is 0 Å². The highest BCUT2D eigenvalue weighted by Gasteiger charge is 2.68. The van der Waals surface area contributed by atoms with Gasteiger partial charge in [-0.15, -0.1) is 0 Å². The Hall–Kier alpha value is -4.67. The second kappa shape index (κ2) is 13.1. The number of aliphatic carboxylic acids is 1. The van der Waals surface area contributed by atoms with Crippen LogP contribution in [-0.4, -0.2) is 90.2 Å². The van der Waals surface area contributed by atoms with E-state index >= 15 is 0 Å². The smallest absolute Gasteiger partial charge is 0.475 e. The predicted octanol–water partition coefficient (Wildman–Crippen LogP) is 3.16. The van der Waals surface area contributed by atoms with Crippen LogP contribution in [0.15, 0.2) is 54.6 Å². The minimum atomic E-state index is -5.08. The molecule has 2 aliphatic heterocycles. The van der Waals surface area contributed by atoms with Crippen LogP contribution in [0.1, 0.15) is 11.1 Å². The van der Waals surface area contributed by atoms with Crippen LogP contribution in [-0.2, 0) is 36.5 Å². The average Bonchev–Trinajstić information content (AvgIpc) is 3.41. The Kier molecular flexibility index (Phi) is 10.2. The van der Waals surface area contributed by atoms with Gasteiger partial charge >= 0.3 is 30.3 Å². The summed E-state index contributed by atoms with van der Waals surface area (Å²) in [6, 6.07) is 11.5. The molecule has 2 aromatic carbocycles. The molecule has 0 unspecified atom stereocenters. The van der Waals surface area contributed by atoms with Crippen LogP contribution in [0.25, 0.3) is 0 Å². The molecule has 4 rings (SSSR count). The first-order chi connectivity index (χ1) is 20.8. The zero-order valence-electron chi connectivity index (χ0n) is 23.9. The predicted molar refractivity (Wildman–Crippen MR) is 143 cm³/mol. The first-order valence-electron chi connectivity index (χ1n) is 13.0. The lowest BCUT2D eigenvalue weighted by Gasteiger charge is -2.32. The van der Waals surface area contributed by atoms with Gasteiger partial charge in [0.2, 0.25) is 11.8 Å². The van der Waals surface area contributed by atoms with Crippen LogP contribution in [0.2, 0.25) is 0 Å². The van der Waals surface area contributed by atoms with Crippen LogP contribution >= 0.6 is 0 Å². The van der Waals surface area contributed by atoms with Gasteiger partial charge in [-0.25, -0.2) is 9.59 Å². The molecule has 3 N–H and O–H groups in total. The number of carbonyl (C=O) groups excluding carboxylic acids is 4. The summed E-state index contributed by atoms with van der Waals surface area (Å²) in [6.45, 7) is -0.0754. The van der Waals surface area contributed by atoms with Gasteiger partial charge in [0.15, 0.2) is 0 Å². The second-order valence-corrected chi connectivity index (χ2v) is 10.3. The molecule has 4 amide bonds. The molecule has 2 heterocycles. The number of esters is 1. The van der Waals surface area contributed by atoms with E-state index in [2.05, 4.69) is 10.6 Å². The summed E-state index contributed by atoms with van der Waals surface area (Å²) in [5.41, 5.74) is -1.51. The molecule has 17 heteroatoms. The normalized spacial score (nSPS) is 22.7. The zero-order chi connectivity index (χ0) is 33.9. The molecule has 2 aliphatic rings. The molecule has 0 bridgehead atoms. The fourth-order valence-electron chi connectivity index (χ4n) is 5.29. The van der Waals surface area contributed by atoms with Gasteiger partial charge in [0.05, 0.1) is 24.5 Å². The van der Waals surface area contributed by atoms with Crippen molar-refractivity contribution < 1.29 is 60.2 Å². The Morgan fingerprint density at radius 3 is 2.04 bits per heavy atom. The van der Waals surface area contributed by atoms with Crippen LogP contribution < -0.4 is 10.6 Å². The van der Waals surface area contributed by atoms with E-state index in [9.17, 15) is 45.5 Å². The van der Waals surface area contributed by atoms with E-state index in [1.807, 2.05) is 6.07 Å². The highest BCUT2D eigenvalue weighted by Crippen LogP contribution is 2.45. The van der Waals surface area contributed by atoms with Crippen LogP contribution in [0.4, 0.5) is 36.8 Å². The SMILES string of the molecule is COC(=O)[C@]1(Cc2ccccc2)N[C@H](CN(C)C(=O)Nc2ccc(C(F)(F)F)cc2)[C@@H]2C(=O)N(C)C(=O)[C@@H]21.O=C(O)C(F)(F)F. The van der Waals surface area contributed by atoms with Crippen molar-refractivity contribution in [1.82, 2.24) is 15.1 Å². The summed E-state index contributed by atoms with van der Waals surface area (Å²) in [6.07, 6.45) is -9.51. The molecule has 45 heavy (non-hydrogen) atoms. The fourth-order valence-corrected chi connectivity index (χ4v) is 5.29. The van der Waals surface area contributed by atoms with Gasteiger partial charge in [-0.05, 0) is 29.8 Å². The van der Waals surface area contributed by atoms with Crippen molar-refractivity contribution >= 4 is 35.5 Å². The Bertz CT molecular complexity index is 1440. The molecule has 2 fully saturated rings. The lowest BCUT2D eigenvalue weighted by Crippen LogP contribution is -2.59. The van der Waals surface area contributed by atoms with E-state index in [0.717, 1.165) is 34.7 Å². The average molecular weight is 647 g/mol. The summed E-state index contributed by atoms with van der Waals surface area (Å²) >= 11 is 0. The molecule has 0 aliphatic carbocycles. The van der Waals surface area contributed by atoms with Crippen LogP contribution in [0, 0.1) is 11.8 Å². The van der Waals surface area contributed by atoms with Gasteiger partial charge in [0.1, 0.15) is 5.54 Å². The van der Waals surface area contributed by atoms with Gasteiger partial charge in [-0.3, -0.25) is 24.6 Å². The number of likely N-dealkylation sites (tertiary alicyclic amines) is 1. The minimum absolute atomic E-state index is 0.0754. The number of nitrogens with zero attached hydrogens (tertiary/aromatic N) is 2. The van der Waals surface area contributed by atoms with Crippen molar-refractivity contribution in [2.45, 2.75) is 30.4 Å². The number of methoxy groups -OCH3 is 1. The summed E-state index contributed by atoms with van der Waals surface area (Å²) < 4.78 is 75.3. The lowest BCUT2D eigenvalue weighted by molar-refractivity contribution is -0.192. The Labute approximate surface area is 252 Å². The monoisotopic (exact) mass is 646 g/mol. The first kappa shape index (κ1) is 34.8. The van der Waals surface area contributed by atoms with Crippen molar-refractivity contribution in [2.24, 2.45) is 11.8 Å². The van der Waals surface area contributed by atoms with Gasteiger partial charge in [-0.1, -0.05) is 30.3 Å². The van der Waals surface area contributed by atoms with E-state index in [1.54, 1.807) is 24.3 Å². The number of anilines is 1. The number of carbonyl (C=O) groups is 5. The number of nitrogens with one attached hydrogen (secondary N) is 2. The second-order valence-electron chi connectivity index (χ2n) is 10.3. The highest BCUT2D eigenvalue weighted by molar-refractivity contribution is 6.09. The summed E-state index contributed by atoms with van der Waals surface area (Å²) in [5.74, 6) is -6.44. The van der Waals surface area contributed by atoms with E-state index in [1.165, 1.54) is 26.1 Å². The summed E-state index contributed by atoms with van der Waals surface area (Å²) in [7, 11) is 4.00. The van der Waals surface area contributed by atoms with E-state index < -0.39 is 71.1 Å². The number of hydrogen-bond donors (Lipinski definition) is 3. The number of imide groups is 1. The number of hydrogen-bond acceptors (Lipinski definition) is 7. The lowest BCUT2D eigenvalue weighted by atomic mass is 9.76. The molecule has 0 spiro atoms. The van der Waals surface area contributed by atoms with Crippen molar-refractivity contribution in [3.63, 3.8) is 0 Å². The van der Waals surface area contributed by atoms with Crippen molar-refractivity contribution in [3.05, 3.63) is 65.7 Å². The quantitative estimate of drug-likeness (QED) is 0.247. The van der Waals surface area contributed by atoms with Gasteiger partial charge in [-0.2, -0.15) is 26.3 Å². The molecular formula is C28H28F6N4O7.